The van der Waals surface area contributed by atoms with E-state index >= 15 is 0 Å². The van der Waals surface area contributed by atoms with Gasteiger partial charge in [0.25, 0.3) is 0 Å². The third kappa shape index (κ3) is 3.95. The van der Waals surface area contributed by atoms with Crippen molar-refractivity contribution in [2.45, 2.75) is 75.8 Å². The maximum absolute atomic E-state index is 12.3. The first kappa shape index (κ1) is 15.8. The van der Waals surface area contributed by atoms with E-state index in [9.17, 15) is 4.79 Å². The van der Waals surface area contributed by atoms with E-state index in [1.807, 2.05) is 0 Å². The Labute approximate surface area is 123 Å². The van der Waals surface area contributed by atoms with Crippen molar-refractivity contribution in [2.75, 3.05) is 20.1 Å². The summed E-state index contributed by atoms with van der Waals surface area (Å²) in [6, 6.07) is 0.399. The molecule has 0 bridgehead atoms. The van der Waals surface area contributed by atoms with Crippen LogP contribution in [-0.4, -0.2) is 42.5 Å². The first-order chi connectivity index (χ1) is 9.66. The number of hydrogen-bond acceptors (Lipinski definition) is 3. The molecule has 0 aromatic carbocycles. The topological polar surface area (TPSA) is 58.4 Å². The van der Waals surface area contributed by atoms with E-state index in [1.54, 1.807) is 0 Å². The van der Waals surface area contributed by atoms with Crippen LogP contribution in [-0.2, 0) is 4.79 Å². The van der Waals surface area contributed by atoms with Crippen LogP contribution in [0.1, 0.15) is 64.2 Å². The first-order valence-corrected chi connectivity index (χ1v) is 8.37. The van der Waals surface area contributed by atoms with E-state index in [-0.39, 0.29) is 11.4 Å². The molecule has 0 aliphatic heterocycles. The molecule has 2 saturated carbocycles. The van der Waals surface area contributed by atoms with Crippen molar-refractivity contribution in [1.29, 1.82) is 0 Å². The lowest BCUT2D eigenvalue weighted by atomic mass is 9.96. The van der Waals surface area contributed by atoms with Crippen LogP contribution in [0.2, 0.25) is 0 Å². The van der Waals surface area contributed by atoms with Crippen molar-refractivity contribution in [3.63, 3.8) is 0 Å². The second kappa shape index (κ2) is 7.41. The molecule has 2 aliphatic rings. The van der Waals surface area contributed by atoms with Crippen LogP contribution in [0, 0.1) is 0 Å². The number of carbonyl (C=O) groups is 1. The van der Waals surface area contributed by atoms with Crippen LogP contribution in [0.3, 0.4) is 0 Å². The maximum atomic E-state index is 12.3. The minimum atomic E-state index is 0.0702. The monoisotopic (exact) mass is 281 g/mol. The minimum absolute atomic E-state index is 0.0702. The smallest absolute Gasteiger partial charge is 0.234 e. The molecule has 0 unspecified atom stereocenters. The summed E-state index contributed by atoms with van der Waals surface area (Å²) in [4.78, 5) is 14.5. The molecule has 0 atom stereocenters. The van der Waals surface area contributed by atoms with Gasteiger partial charge in [0.15, 0.2) is 0 Å². The van der Waals surface area contributed by atoms with E-state index in [1.165, 1.54) is 38.5 Å². The molecule has 1 amide bonds. The van der Waals surface area contributed by atoms with Crippen molar-refractivity contribution < 1.29 is 4.79 Å². The summed E-state index contributed by atoms with van der Waals surface area (Å²) in [5.74, 6) is 0.180. The molecule has 20 heavy (non-hydrogen) atoms. The highest BCUT2D eigenvalue weighted by Crippen LogP contribution is 2.33. The Morgan fingerprint density at radius 3 is 2.30 bits per heavy atom. The number of rotatable bonds is 5. The third-order valence-corrected chi connectivity index (χ3v) is 5.33. The number of amides is 1. The number of nitrogens with two attached hydrogens (primary N) is 1. The van der Waals surface area contributed by atoms with Gasteiger partial charge in [-0.1, -0.05) is 38.5 Å². The van der Waals surface area contributed by atoms with Crippen molar-refractivity contribution in [3.05, 3.63) is 0 Å². The van der Waals surface area contributed by atoms with E-state index in [0.717, 1.165) is 25.7 Å². The molecule has 0 radical (unpaired) electrons. The Kier molecular flexibility index (Phi) is 5.85. The Morgan fingerprint density at radius 2 is 1.75 bits per heavy atom. The van der Waals surface area contributed by atoms with Gasteiger partial charge in [-0.15, -0.1) is 0 Å². The molecule has 0 aromatic heterocycles. The van der Waals surface area contributed by atoms with Gasteiger partial charge in [0.1, 0.15) is 0 Å². The summed E-state index contributed by atoms with van der Waals surface area (Å²) in [5, 5.41) is 3.23. The summed E-state index contributed by atoms with van der Waals surface area (Å²) in [7, 11) is 2.06. The van der Waals surface area contributed by atoms with Gasteiger partial charge >= 0.3 is 0 Å². The predicted molar refractivity (Wildman–Crippen MR) is 82.5 cm³/mol. The fraction of sp³-hybridized carbons (Fsp3) is 0.938. The molecule has 2 fully saturated rings. The van der Waals surface area contributed by atoms with Crippen LogP contribution >= 0.6 is 0 Å². The van der Waals surface area contributed by atoms with Gasteiger partial charge in [0.2, 0.25) is 5.91 Å². The molecule has 2 rings (SSSR count). The van der Waals surface area contributed by atoms with E-state index < -0.39 is 0 Å². The zero-order valence-corrected chi connectivity index (χ0v) is 13.0. The zero-order valence-electron chi connectivity index (χ0n) is 13.0. The number of nitrogens with one attached hydrogen (secondary N) is 1. The fourth-order valence-electron chi connectivity index (χ4n) is 3.85. The third-order valence-electron chi connectivity index (χ3n) is 5.33. The van der Waals surface area contributed by atoms with E-state index in [0.29, 0.717) is 19.1 Å². The van der Waals surface area contributed by atoms with Crippen LogP contribution < -0.4 is 11.1 Å². The molecule has 0 spiro atoms. The average Bonchev–Trinajstić information content (AvgIpc) is 2.79. The number of carbonyl (C=O) groups excluding carboxylic acids is 1. The highest BCUT2D eigenvalue weighted by Gasteiger charge is 2.37. The van der Waals surface area contributed by atoms with E-state index in [2.05, 4.69) is 17.3 Å². The summed E-state index contributed by atoms with van der Waals surface area (Å²) in [6.07, 6.45) is 12.2. The zero-order chi connectivity index (χ0) is 14.4. The molecule has 4 heteroatoms. The standard InChI is InChI=1S/C16H31N3O/c1-19(16(13-17)10-6-7-11-16)12-15(20)18-14-8-4-2-3-5-9-14/h14H,2-13,17H2,1H3,(H,18,20). The lowest BCUT2D eigenvalue weighted by molar-refractivity contribution is -0.124. The number of hydrogen-bond donors (Lipinski definition) is 2. The van der Waals surface area contributed by atoms with Gasteiger partial charge in [-0.3, -0.25) is 9.69 Å². The number of nitrogens with zero attached hydrogens (tertiary/aromatic N) is 1. The molecule has 3 N–H and O–H groups in total. The molecule has 0 heterocycles. The van der Waals surface area contributed by atoms with Crippen molar-refractivity contribution in [2.24, 2.45) is 5.73 Å². The second-order valence-corrected chi connectivity index (χ2v) is 6.75. The minimum Gasteiger partial charge on any atom is -0.352 e. The maximum Gasteiger partial charge on any atom is 0.234 e. The van der Waals surface area contributed by atoms with Gasteiger partial charge in [-0.05, 0) is 32.7 Å². The van der Waals surface area contributed by atoms with Crippen LogP contribution in [0.25, 0.3) is 0 Å². The lowest BCUT2D eigenvalue weighted by Crippen LogP contribution is -2.53. The normalized spacial score (nSPS) is 23.8. The van der Waals surface area contributed by atoms with Crippen LogP contribution in [0.5, 0.6) is 0 Å². The van der Waals surface area contributed by atoms with Gasteiger partial charge in [-0.2, -0.15) is 0 Å². The Morgan fingerprint density at radius 1 is 1.15 bits per heavy atom. The summed E-state index contributed by atoms with van der Waals surface area (Å²) in [5.41, 5.74) is 6.05. The first-order valence-electron chi connectivity index (χ1n) is 8.37. The van der Waals surface area contributed by atoms with Crippen LogP contribution in [0.15, 0.2) is 0 Å². The summed E-state index contributed by atoms with van der Waals surface area (Å²) >= 11 is 0. The Hall–Kier alpha value is -0.610. The Balaban J connectivity index is 1.80. The molecular formula is C16H31N3O. The molecule has 0 saturated heterocycles. The predicted octanol–water partition coefficient (Wildman–Crippen LogP) is 2.03. The van der Waals surface area contributed by atoms with Gasteiger partial charge in [0.05, 0.1) is 6.54 Å². The highest BCUT2D eigenvalue weighted by atomic mass is 16.2. The van der Waals surface area contributed by atoms with E-state index in [4.69, 9.17) is 5.73 Å². The largest absolute Gasteiger partial charge is 0.352 e. The van der Waals surface area contributed by atoms with Crippen LogP contribution in [0.4, 0.5) is 0 Å². The summed E-state index contributed by atoms with van der Waals surface area (Å²) in [6.45, 7) is 1.16. The molecule has 2 aliphatic carbocycles. The number of likely N-dealkylation sites (N-methyl/N-ethyl adjacent to an activating group) is 1. The SMILES string of the molecule is CN(CC(=O)NC1CCCCCC1)C1(CN)CCCC1. The molecular weight excluding hydrogens is 250 g/mol. The van der Waals surface area contributed by atoms with Gasteiger partial charge in [-0.25, -0.2) is 0 Å². The van der Waals surface area contributed by atoms with Crippen molar-refractivity contribution >= 4 is 5.91 Å². The van der Waals surface area contributed by atoms with Crippen molar-refractivity contribution in [3.8, 4) is 0 Å². The second-order valence-electron chi connectivity index (χ2n) is 6.75. The molecule has 116 valence electrons. The van der Waals surface area contributed by atoms with Gasteiger partial charge < -0.3 is 11.1 Å². The molecule has 4 nitrogen and oxygen atoms in total. The average molecular weight is 281 g/mol. The summed E-state index contributed by atoms with van der Waals surface area (Å²) < 4.78 is 0. The molecule has 0 aromatic rings. The fourth-order valence-corrected chi connectivity index (χ4v) is 3.85. The lowest BCUT2D eigenvalue weighted by Gasteiger charge is -2.37. The Bertz CT molecular complexity index is 305. The van der Waals surface area contributed by atoms with Crippen molar-refractivity contribution in [1.82, 2.24) is 10.2 Å². The van der Waals surface area contributed by atoms with Gasteiger partial charge in [0, 0.05) is 18.1 Å². The highest BCUT2D eigenvalue weighted by molar-refractivity contribution is 5.78. The quantitative estimate of drug-likeness (QED) is 0.758.